The van der Waals surface area contributed by atoms with Crippen LogP contribution in [0.1, 0.15) is 37.0 Å². The Balaban J connectivity index is 2.69. The highest BCUT2D eigenvalue weighted by molar-refractivity contribution is 6.34. The van der Waals surface area contributed by atoms with Gasteiger partial charge >= 0.3 is 0 Å². The maximum absolute atomic E-state index is 12.0. The summed E-state index contributed by atoms with van der Waals surface area (Å²) in [6.45, 7) is 3.63. The second kappa shape index (κ2) is 7.87. The molecule has 0 aliphatic rings. The molecule has 1 unspecified atom stereocenters. The predicted molar refractivity (Wildman–Crippen MR) is 79.0 cm³/mol. The van der Waals surface area contributed by atoms with Gasteiger partial charge < -0.3 is 15.7 Å². The Bertz CT molecular complexity index is 491. The van der Waals surface area contributed by atoms with Gasteiger partial charge in [-0.25, -0.2) is 0 Å². The lowest BCUT2D eigenvalue weighted by Gasteiger charge is -2.11. The molecule has 110 valence electrons. The Morgan fingerprint density at radius 2 is 2.10 bits per heavy atom. The van der Waals surface area contributed by atoms with Gasteiger partial charge in [0, 0.05) is 19.2 Å². The molecule has 1 aromatic rings. The van der Waals surface area contributed by atoms with E-state index in [1.54, 1.807) is 12.1 Å². The fraction of sp³-hybridized carbons (Fsp3) is 0.429. The zero-order chi connectivity index (χ0) is 15.1. The molecule has 2 amide bonds. The molecule has 0 radical (unpaired) electrons. The number of aliphatic hydroxyl groups excluding tert-OH is 1. The van der Waals surface area contributed by atoms with Crippen molar-refractivity contribution < 1.29 is 14.7 Å². The molecule has 0 spiro atoms. The topological polar surface area (TPSA) is 78.4 Å². The van der Waals surface area contributed by atoms with Gasteiger partial charge in [-0.15, -0.1) is 0 Å². The van der Waals surface area contributed by atoms with Crippen LogP contribution in [-0.2, 0) is 4.79 Å². The first-order chi connectivity index (χ1) is 9.43. The number of carbonyl (C=O) groups excluding carboxylic acids is 2. The summed E-state index contributed by atoms with van der Waals surface area (Å²) in [4.78, 5) is 23.0. The van der Waals surface area contributed by atoms with Crippen LogP contribution in [0.15, 0.2) is 18.2 Å². The average molecular weight is 299 g/mol. The van der Waals surface area contributed by atoms with E-state index in [-0.39, 0.29) is 11.8 Å². The molecule has 0 heterocycles. The molecule has 1 aromatic carbocycles. The number of aliphatic hydroxyl groups is 1. The summed E-state index contributed by atoms with van der Waals surface area (Å²) < 4.78 is 0. The molecule has 0 aromatic heterocycles. The van der Waals surface area contributed by atoms with Crippen LogP contribution in [0.4, 0.5) is 5.69 Å². The van der Waals surface area contributed by atoms with Crippen molar-refractivity contribution in [1.82, 2.24) is 5.32 Å². The second-order valence-corrected chi connectivity index (χ2v) is 4.89. The number of anilines is 1. The van der Waals surface area contributed by atoms with Crippen LogP contribution in [0.25, 0.3) is 0 Å². The summed E-state index contributed by atoms with van der Waals surface area (Å²) in [5, 5.41) is 15.0. The molecular weight excluding hydrogens is 280 g/mol. The van der Waals surface area contributed by atoms with Gasteiger partial charge in [-0.2, -0.15) is 0 Å². The van der Waals surface area contributed by atoms with Crippen LogP contribution in [0.3, 0.4) is 0 Å². The van der Waals surface area contributed by atoms with Gasteiger partial charge in [0.05, 0.1) is 16.7 Å². The van der Waals surface area contributed by atoms with E-state index >= 15 is 0 Å². The van der Waals surface area contributed by atoms with E-state index in [1.807, 2.05) is 6.92 Å². The minimum atomic E-state index is -0.420. The van der Waals surface area contributed by atoms with Crippen molar-refractivity contribution in [2.45, 2.75) is 32.8 Å². The van der Waals surface area contributed by atoms with E-state index in [2.05, 4.69) is 10.6 Å². The average Bonchev–Trinajstić information content (AvgIpc) is 2.40. The normalized spacial score (nSPS) is 11.8. The summed E-state index contributed by atoms with van der Waals surface area (Å²) in [5.41, 5.74) is 0.810. The van der Waals surface area contributed by atoms with Gasteiger partial charge in [0.1, 0.15) is 0 Å². The molecule has 1 atom stereocenters. The molecule has 20 heavy (non-hydrogen) atoms. The van der Waals surface area contributed by atoms with Crippen LogP contribution in [0.5, 0.6) is 0 Å². The molecule has 0 saturated carbocycles. The summed E-state index contributed by atoms with van der Waals surface area (Å²) in [5.74, 6) is -0.546. The maximum atomic E-state index is 12.0. The summed E-state index contributed by atoms with van der Waals surface area (Å²) in [7, 11) is 0. The van der Waals surface area contributed by atoms with Crippen LogP contribution >= 0.6 is 11.6 Å². The SMILES string of the molecule is CCC(O)CCNC(=O)c1cc(NC(C)=O)ccc1Cl. The molecule has 0 aliphatic heterocycles. The van der Waals surface area contributed by atoms with E-state index in [9.17, 15) is 14.7 Å². The molecule has 0 fully saturated rings. The van der Waals surface area contributed by atoms with Gasteiger partial charge in [-0.3, -0.25) is 9.59 Å². The van der Waals surface area contributed by atoms with Gasteiger partial charge in [0.2, 0.25) is 5.91 Å². The van der Waals surface area contributed by atoms with Crippen molar-refractivity contribution in [2.75, 3.05) is 11.9 Å². The van der Waals surface area contributed by atoms with E-state index in [1.165, 1.54) is 13.0 Å². The third-order valence-corrected chi connectivity index (χ3v) is 3.10. The molecule has 0 saturated heterocycles. The van der Waals surface area contributed by atoms with Gasteiger partial charge in [-0.1, -0.05) is 18.5 Å². The first kappa shape index (κ1) is 16.5. The second-order valence-electron chi connectivity index (χ2n) is 4.48. The van der Waals surface area contributed by atoms with Crippen molar-refractivity contribution in [3.8, 4) is 0 Å². The van der Waals surface area contributed by atoms with Crippen molar-refractivity contribution in [2.24, 2.45) is 0 Å². The number of nitrogens with one attached hydrogen (secondary N) is 2. The molecule has 0 bridgehead atoms. The fourth-order valence-corrected chi connectivity index (χ4v) is 1.84. The standard InChI is InChI=1S/C14H19ClN2O3/c1-3-11(19)6-7-16-14(20)12-8-10(17-9(2)18)4-5-13(12)15/h4-5,8,11,19H,3,6-7H2,1-2H3,(H,16,20)(H,17,18). The number of hydrogen-bond acceptors (Lipinski definition) is 3. The third kappa shape index (κ3) is 5.19. The number of rotatable bonds is 6. The zero-order valence-electron chi connectivity index (χ0n) is 11.6. The van der Waals surface area contributed by atoms with Gasteiger partial charge in [0.25, 0.3) is 5.91 Å². The maximum Gasteiger partial charge on any atom is 0.252 e. The lowest BCUT2D eigenvalue weighted by molar-refractivity contribution is -0.114. The Hall–Kier alpha value is -1.59. The van der Waals surface area contributed by atoms with E-state index in [0.717, 1.165) is 0 Å². The molecule has 3 N–H and O–H groups in total. The molecular formula is C14H19ClN2O3. The highest BCUT2D eigenvalue weighted by Gasteiger charge is 2.12. The van der Waals surface area contributed by atoms with Crippen molar-refractivity contribution in [1.29, 1.82) is 0 Å². The Morgan fingerprint density at radius 3 is 2.70 bits per heavy atom. The first-order valence-corrected chi connectivity index (χ1v) is 6.85. The van der Waals surface area contributed by atoms with E-state index < -0.39 is 6.10 Å². The molecule has 5 nitrogen and oxygen atoms in total. The van der Waals surface area contributed by atoms with Crippen LogP contribution < -0.4 is 10.6 Å². The predicted octanol–water partition coefficient (Wildman–Crippen LogP) is 2.19. The van der Waals surface area contributed by atoms with Crippen molar-refractivity contribution >= 4 is 29.1 Å². The quantitative estimate of drug-likeness (QED) is 0.753. The Labute approximate surface area is 123 Å². The number of amides is 2. The smallest absolute Gasteiger partial charge is 0.252 e. The lowest BCUT2D eigenvalue weighted by Crippen LogP contribution is -2.27. The Kier molecular flexibility index (Phi) is 6.48. The largest absolute Gasteiger partial charge is 0.393 e. The summed E-state index contributed by atoms with van der Waals surface area (Å²) >= 11 is 5.97. The zero-order valence-corrected chi connectivity index (χ0v) is 12.3. The first-order valence-electron chi connectivity index (χ1n) is 6.47. The molecule has 6 heteroatoms. The Morgan fingerprint density at radius 1 is 1.40 bits per heavy atom. The van der Waals surface area contributed by atoms with Crippen LogP contribution in [0.2, 0.25) is 5.02 Å². The van der Waals surface area contributed by atoms with Crippen LogP contribution in [0, 0.1) is 0 Å². The van der Waals surface area contributed by atoms with Crippen molar-refractivity contribution in [3.05, 3.63) is 28.8 Å². The van der Waals surface area contributed by atoms with Crippen molar-refractivity contribution in [3.63, 3.8) is 0 Å². The minimum Gasteiger partial charge on any atom is -0.393 e. The summed E-state index contributed by atoms with van der Waals surface area (Å²) in [6.07, 6.45) is 0.719. The number of halogens is 1. The van der Waals surface area contributed by atoms with E-state index in [0.29, 0.717) is 35.7 Å². The monoisotopic (exact) mass is 298 g/mol. The lowest BCUT2D eigenvalue weighted by atomic mass is 10.1. The summed E-state index contributed by atoms with van der Waals surface area (Å²) in [6, 6.07) is 4.71. The minimum absolute atomic E-state index is 0.218. The van der Waals surface area contributed by atoms with Gasteiger partial charge in [0.15, 0.2) is 0 Å². The van der Waals surface area contributed by atoms with Crippen LogP contribution in [-0.4, -0.2) is 29.6 Å². The number of carbonyl (C=O) groups is 2. The molecule has 1 rings (SSSR count). The van der Waals surface area contributed by atoms with Gasteiger partial charge in [-0.05, 0) is 31.0 Å². The highest BCUT2D eigenvalue weighted by Crippen LogP contribution is 2.20. The van der Waals surface area contributed by atoms with E-state index in [4.69, 9.17) is 11.6 Å². The third-order valence-electron chi connectivity index (χ3n) is 2.77. The number of benzene rings is 1. The molecule has 0 aliphatic carbocycles. The highest BCUT2D eigenvalue weighted by atomic mass is 35.5. The number of hydrogen-bond donors (Lipinski definition) is 3. The fourth-order valence-electron chi connectivity index (χ4n) is 1.63.